The van der Waals surface area contributed by atoms with Crippen LogP contribution in [0.1, 0.15) is 22.5 Å². The molecule has 1 rings (SSSR count). The monoisotopic (exact) mass is 199 g/mol. The molecule has 0 fully saturated rings. The first-order valence-corrected chi connectivity index (χ1v) is 5.09. The van der Waals surface area contributed by atoms with Gasteiger partial charge in [0.25, 0.3) is 5.91 Å². The molecule has 13 heavy (non-hydrogen) atoms. The van der Waals surface area contributed by atoms with Crippen LogP contribution in [0, 0.1) is 0 Å². The molecule has 0 bridgehead atoms. The lowest BCUT2D eigenvalue weighted by atomic mass is 10.3. The molecule has 0 atom stereocenters. The van der Waals surface area contributed by atoms with Gasteiger partial charge in [0.2, 0.25) is 0 Å². The second-order valence-electron chi connectivity index (χ2n) is 2.62. The third-order valence-corrected chi connectivity index (χ3v) is 2.34. The maximum absolute atomic E-state index is 11.3. The molecule has 0 spiro atoms. The van der Waals surface area contributed by atoms with Crippen molar-refractivity contribution in [2.45, 2.75) is 12.8 Å². The minimum Gasteiger partial charge on any atom is -0.351 e. The number of aromatic nitrogens is 1. The normalized spacial score (nSPS) is 9.92. The highest BCUT2D eigenvalue weighted by Gasteiger charge is 2.04. The summed E-state index contributed by atoms with van der Waals surface area (Å²) in [5.41, 5.74) is 6.97. The summed E-state index contributed by atoms with van der Waals surface area (Å²) in [5, 5.41) is 2.80. The Morgan fingerprint density at radius 3 is 3.08 bits per heavy atom. The summed E-state index contributed by atoms with van der Waals surface area (Å²) in [6, 6.07) is 0. The topological polar surface area (TPSA) is 68.0 Å². The standard InChI is InChI=1S/C8H13N3OS/c9-3-1-2-4-11-8(12)7-5-10-6-13-7/h5-6H,1-4,9H2,(H,11,12). The van der Waals surface area contributed by atoms with Gasteiger partial charge in [-0.1, -0.05) is 0 Å². The van der Waals surface area contributed by atoms with Crippen LogP contribution in [-0.4, -0.2) is 24.0 Å². The molecule has 0 saturated carbocycles. The van der Waals surface area contributed by atoms with E-state index in [1.165, 1.54) is 11.3 Å². The van der Waals surface area contributed by atoms with Crippen LogP contribution in [0.4, 0.5) is 0 Å². The average molecular weight is 199 g/mol. The predicted molar refractivity (Wildman–Crippen MR) is 52.7 cm³/mol. The van der Waals surface area contributed by atoms with Gasteiger partial charge >= 0.3 is 0 Å². The largest absolute Gasteiger partial charge is 0.351 e. The minimum atomic E-state index is -0.0421. The zero-order valence-electron chi connectivity index (χ0n) is 7.32. The molecule has 5 heteroatoms. The van der Waals surface area contributed by atoms with Gasteiger partial charge in [0, 0.05) is 6.54 Å². The summed E-state index contributed by atoms with van der Waals surface area (Å²) in [4.78, 5) is 15.8. The van der Waals surface area contributed by atoms with E-state index in [4.69, 9.17) is 5.73 Å². The molecular weight excluding hydrogens is 186 g/mol. The molecule has 0 aromatic carbocycles. The Balaban J connectivity index is 2.19. The molecule has 1 aromatic rings. The van der Waals surface area contributed by atoms with E-state index in [-0.39, 0.29) is 5.91 Å². The maximum atomic E-state index is 11.3. The van der Waals surface area contributed by atoms with Crippen molar-refractivity contribution in [3.05, 3.63) is 16.6 Å². The van der Waals surface area contributed by atoms with Crippen LogP contribution in [0.15, 0.2) is 11.7 Å². The third kappa shape index (κ3) is 3.52. The molecule has 0 radical (unpaired) electrons. The third-order valence-electron chi connectivity index (χ3n) is 1.57. The van der Waals surface area contributed by atoms with Crippen molar-refractivity contribution in [1.29, 1.82) is 0 Å². The van der Waals surface area contributed by atoms with E-state index in [2.05, 4.69) is 10.3 Å². The molecule has 1 aromatic heterocycles. The fraction of sp³-hybridized carbons (Fsp3) is 0.500. The number of nitrogens with two attached hydrogens (primary N) is 1. The van der Waals surface area contributed by atoms with Gasteiger partial charge in [-0.25, -0.2) is 0 Å². The summed E-state index contributed by atoms with van der Waals surface area (Å²) in [7, 11) is 0. The van der Waals surface area contributed by atoms with Gasteiger partial charge in [-0.2, -0.15) is 0 Å². The fourth-order valence-electron chi connectivity index (χ4n) is 0.886. The Labute approximate surface area is 81.2 Å². The highest BCUT2D eigenvalue weighted by atomic mass is 32.1. The Morgan fingerprint density at radius 2 is 2.46 bits per heavy atom. The van der Waals surface area contributed by atoms with E-state index in [0.29, 0.717) is 18.0 Å². The Kier molecular flexibility index (Phi) is 4.42. The number of thiazole rings is 1. The van der Waals surface area contributed by atoms with E-state index >= 15 is 0 Å². The predicted octanol–water partition coefficient (Wildman–Crippen LogP) is 0.612. The molecule has 1 amide bonds. The number of rotatable bonds is 5. The van der Waals surface area contributed by atoms with Crippen molar-refractivity contribution in [3.63, 3.8) is 0 Å². The molecular formula is C8H13N3OS. The summed E-state index contributed by atoms with van der Waals surface area (Å²) >= 11 is 1.35. The molecule has 1 heterocycles. The van der Waals surface area contributed by atoms with Crippen LogP contribution in [0.25, 0.3) is 0 Å². The molecule has 3 N–H and O–H groups in total. The number of nitrogens with zero attached hydrogens (tertiary/aromatic N) is 1. The van der Waals surface area contributed by atoms with Gasteiger partial charge in [0.15, 0.2) is 0 Å². The number of nitrogens with one attached hydrogen (secondary N) is 1. The zero-order chi connectivity index (χ0) is 9.52. The molecule has 4 nitrogen and oxygen atoms in total. The van der Waals surface area contributed by atoms with E-state index in [0.717, 1.165) is 12.8 Å². The molecule has 0 saturated heterocycles. The molecule has 72 valence electrons. The lowest BCUT2D eigenvalue weighted by molar-refractivity contribution is 0.0957. The first kappa shape index (κ1) is 10.1. The number of hydrogen-bond acceptors (Lipinski definition) is 4. The number of amides is 1. The number of hydrogen-bond donors (Lipinski definition) is 2. The lowest BCUT2D eigenvalue weighted by Crippen LogP contribution is -2.23. The molecule has 0 unspecified atom stereocenters. The Morgan fingerprint density at radius 1 is 1.62 bits per heavy atom. The maximum Gasteiger partial charge on any atom is 0.262 e. The van der Waals surface area contributed by atoms with E-state index in [9.17, 15) is 4.79 Å². The Bertz CT molecular complexity index is 248. The highest BCUT2D eigenvalue weighted by Crippen LogP contribution is 2.04. The average Bonchev–Trinajstić information content (AvgIpc) is 2.65. The van der Waals surface area contributed by atoms with Crippen molar-refractivity contribution in [2.75, 3.05) is 13.1 Å². The van der Waals surface area contributed by atoms with Crippen molar-refractivity contribution < 1.29 is 4.79 Å². The fourth-order valence-corrected chi connectivity index (χ4v) is 1.42. The van der Waals surface area contributed by atoms with Gasteiger partial charge in [-0.3, -0.25) is 9.78 Å². The first-order chi connectivity index (χ1) is 6.34. The van der Waals surface area contributed by atoms with E-state index in [1.54, 1.807) is 11.7 Å². The first-order valence-electron chi connectivity index (χ1n) is 4.21. The Hall–Kier alpha value is -0.940. The molecule has 0 aliphatic carbocycles. The minimum absolute atomic E-state index is 0.0421. The summed E-state index contributed by atoms with van der Waals surface area (Å²) < 4.78 is 0. The second-order valence-corrected chi connectivity index (χ2v) is 3.50. The van der Waals surface area contributed by atoms with Crippen LogP contribution in [-0.2, 0) is 0 Å². The second kappa shape index (κ2) is 5.66. The quantitative estimate of drug-likeness (QED) is 0.683. The van der Waals surface area contributed by atoms with Gasteiger partial charge < -0.3 is 11.1 Å². The van der Waals surface area contributed by atoms with Crippen molar-refractivity contribution in [2.24, 2.45) is 5.73 Å². The SMILES string of the molecule is NCCCCNC(=O)c1cncs1. The van der Waals surface area contributed by atoms with Crippen LogP contribution >= 0.6 is 11.3 Å². The van der Waals surface area contributed by atoms with Gasteiger partial charge in [-0.05, 0) is 19.4 Å². The number of carbonyl (C=O) groups excluding carboxylic acids is 1. The number of carbonyl (C=O) groups is 1. The smallest absolute Gasteiger partial charge is 0.262 e. The van der Waals surface area contributed by atoms with Crippen LogP contribution in [0.2, 0.25) is 0 Å². The summed E-state index contributed by atoms with van der Waals surface area (Å²) in [6.45, 7) is 1.37. The van der Waals surface area contributed by atoms with Gasteiger partial charge in [0.1, 0.15) is 4.88 Å². The summed E-state index contributed by atoms with van der Waals surface area (Å²) in [6.07, 6.45) is 3.45. The van der Waals surface area contributed by atoms with Gasteiger partial charge in [0.05, 0.1) is 11.7 Å². The van der Waals surface area contributed by atoms with Crippen LogP contribution in [0.3, 0.4) is 0 Å². The van der Waals surface area contributed by atoms with Gasteiger partial charge in [-0.15, -0.1) is 11.3 Å². The van der Waals surface area contributed by atoms with Crippen molar-refractivity contribution in [1.82, 2.24) is 10.3 Å². The van der Waals surface area contributed by atoms with E-state index < -0.39 is 0 Å². The lowest BCUT2D eigenvalue weighted by Gasteiger charge is -2.01. The van der Waals surface area contributed by atoms with Crippen LogP contribution in [0.5, 0.6) is 0 Å². The van der Waals surface area contributed by atoms with E-state index in [1.807, 2.05) is 0 Å². The molecule has 0 aliphatic heterocycles. The molecule has 0 aliphatic rings. The summed E-state index contributed by atoms with van der Waals surface area (Å²) in [5.74, 6) is -0.0421. The van der Waals surface area contributed by atoms with Crippen LogP contribution < -0.4 is 11.1 Å². The zero-order valence-corrected chi connectivity index (χ0v) is 8.14. The van der Waals surface area contributed by atoms with Crippen molar-refractivity contribution in [3.8, 4) is 0 Å². The highest BCUT2D eigenvalue weighted by molar-refractivity contribution is 7.11. The van der Waals surface area contributed by atoms with Crippen molar-refractivity contribution >= 4 is 17.2 Å². The number of unbranched alkanes of at least 4 members (excludes halogenated alkanes) is 1.